The fourth-order valence-corrected chi connectivity index (χ4v) is 2.77. The third-order valence-corrected chi connectivity index (χ3v) is 3.72. The number of pyridine rings is 1. The van der Waals surface area contributed by atoms with E-state index in [0.29, 0.717) is 11.1 Å². The molecule has 0 amide bonds. The molecule has 90 valence electrons. The van der Waals surface area contributed by atoms with Gasteiger partial charge in [-0.1, -0.05) is 11.6 Å². The molecule has 1 aliphatic heterocycles. The molecule has 2 aromatic rings. The molecule has 1 aliphatic rings. The maximum absolute atomic E-state index is 6.22. The number of piperidine rings is 1. The fourth-order valence-electron chi connectivity index (χ4n) is 2.54. The Morgan fingerprint density at radius 1 is 1.53 bits per heavy atom. The van der Waals surface area contributed by atoms with Gasteiger partial charge in [0.2, 0.25) is 0 Å². The monoisotopic (exact) mass is 249 g/mol. The summed E-state index contributed by atoms with van der Waals surface area (Å²) in [5, 5.41) is 4.04. The first-order valence-electron chi connectivity index (χ1n) is 6.10. The summed E-state index contributed by atoms with van der Waals surface area (Å²) < 4.78 is 2.13. The Hall–Kier alpha value is -1.06. The predicted molar refractivity (Wildman–Crippen MR) is 69.8 cm³/mol. The number of hydrogen-bond acceptors (Lipinski definition) is 2. The summed E-state index contributed by atoms with van der Waals surface area (Å²) in [6, 6.07) is 4.19. The topological polar surface area (TPSA) is 29.3 Å². The number of fused-ring (bicyclic) bond motifs is 1. The quantitative estimate of drug-likeness (QED) is 0.842. The number of aryl methyl sites for hydroxylation is 1. The van der Waals surface area contributed by atoms with Crippen LogP contribution in [0.25, 0.3) is 5.52 Å². The fraction of sp³-hybridized carbons (Fsp3) is 0.462. The van der Waals surface area contributed by atoms with Gasteiger partial charge < -0.3 is 9.72 Å². The van der Waals surface area contributed by atoms with Crippen LogP contribution in [0.15, 0.2) is 18.3 Å². The molecule has 1 fully saturated rings. The van der Waals surface area contributed by atoms with E-state index in [9.17, 15) is 0 Å². The average molecular weight is 250 g/mol. The molecule has 1 atom stereocenters. The number of imidazole rings is 1. The molecule has 4 heteroatoms. The second kappa shape index (κ2) is 4.31. The van der Waals surface area contributed by atoms with E-state index in [0.717, 1.165) is 24.4 Å². The Labute approximate surface area is 106 Å². The summed E-state index contributed by atoms with van der Waals surface area (Å²) in [6.45, 7) is 4.20. The molecule has 0 saturated carbocycles. The van der Waals surface area contributed by atoms with Crippen molar-refractivity contribution in [2.75, 3.05) is 13.1 Å². The van der Waals surface area contributed by atoms with Crippen molar-refractivity contribution in [3.63, 3.8) is 0 Å². The minimum absolute atomic E-state index is 0.478. The average Bonchev–Trinajstić information content (AvgIpc) is 2.68. The molecule has 2 aromatic heterocycles. The number of halogens is 1. The summed E-state index contributed by atoms with van der Waals surface area (Å²) in [5.74, 6) is 1.57. The Morgan fingerprint density at radius 2 is 2.41 bits per heavy atom. The van der Waals surface area contributed by atoms with Gasteiger partial charge in [-0.05, 0) is 44.0 Å². The van der Waals surface area contributed by atoms with Crippen molar-refractivity contribution in [3.05, 3.63) is 34.9 Å². The Kier molecular flexibility index (Phi) is 2.81. The minimum Gasteiger partial charge on any atom is -0.316 e. The standard InChI is InChI=1S/C13H16ClN3/c1-9-4-6-17-11(7-9)12(14)16-13(17)10-3-2-5-15-8-10/h4,6-7,10,15H,2-3,5,8H2,1H3. The van der Waals surface area contributed by atoms with Crippen LogP contribution in [0.1, 0.15) is 30.1 Å². The third-order valence-electron chi connectivity index (χ3n) is 3.44. The molecule has 1 N–H and O–H groups in total. The van der Waals surface area contributed by atoms with Crippen molar-refractivity contribution in [1.29, 1.82) is 0 Å². The molecular formula is C13H16ClN3. The Balaban J connectivity index is 2.10. The highest BCUT2D eigenvalue weighted by Crippen LogP contribution is 2.27. The van der Waals surface area contributed by atoms with Crippen LogP contribution in [0.3, 0.4) is 0 Å². The molecular weight excluding hydrogens is 234 g/mol. The number of nitrogens with one attached hydrogen (secondary N) is 1. The molecule has 0 radical (unpaired) electrons. The zero-order valence-corrected chi connectivity index (χ0v) is 10.7. The zero-order valence-electron chi connectivity index (χ0n) is 9.91. The SMILES string of the molecule is Cc1ccn2c(C3CCCNC3)nc(Cl)c2c1. The lowest BCUT2D eigenvalue weighted by atomic mass is 9.99. The van der Waals surface area contributed by atoms with Crippen LogP contribution in [0, 0.1) is 6.92 Å². The van der Waals surface area contributed by atoms with E-state index < -0.39 is 0 Å². The summed E-state index contributed by atoms with van der Waals surface area (Å²) in [7, 11) is 0. The van der Waals surface area contributed by atoms with Crippen LogP contribution >= 0.6 is 11.6 Å². The first-order chi connectivity index (χ1) is 8.25. The van der Waals surface area contributed by atoms with Crippen molar-refractivity contribution >= 4 is 17.1 Å². The molecule has 1 unspecified atom stereocenters. The van der Waals surface area contributed by atoms with E-state index in [1.807, 2.05) is 0 Å². The van der Waals surface area contributed by atoms with Crippen molar-refractivity contribution in [3.8, 4) is 0 Å². The number of aromatic nitrogens is 2. The van der Waals surface area contributed by atoms with Gasteiger partial charge in [-0.2, -0.15) is 0 Å². The summed E-state index contributed by atoms with van der Waals surface area (Å²) in [6.07, 6.45) is 4.48. The van der Waals surface area contributed by atoms with Crippen molar-refractivity contribution in [1.82, 2.24) is 14.7 Å². The van der Waals surface area contributed by atoms with Gasteiger partial charge >= 0.3 is 0 Å². The van der Waals surface area contributed by atoms with Crippen LogP contribution < -0.4 is 5.32 Å². The molecule has 17 heavy (non-hydrogen) atoms. The van der Waals surface area contributed by atoms with E-state index in [1.54, 1.807) is 0 Å². The highest BCUT2D eigenvalue weighted by atomic mass is 35.5. The van der Waals surface area contributed by atoms with E-state index in [1.165, 1.54) is 18.4 Å². The molecule has 3 rings (SSSR count). The van der Waals surface area contributed by atoms with E-state index >= 15 is 0 Å². The maximum Gasteiger partial charge on any atom is 0.155 e. The molecule has 0 spiro atoms. The van der Waals surface area contributed by atoms with Gasteiger partial charge in [-0.25, -0.2) is 4.98 Å². The number of hydrogen-bond donors (Lipinski definition) is 1. The van der Waals surface area contributed by atoms with Gasteiger partial charge in [0.25, 0.3) is 0 Å². The van der Waals surface area contributed by atoms with Gasteiger partial charge in [0.05, 0.1) is 5.52 Å². The van der Waals surface area contributed by atoms with Gasteiger partial charge in [0.15, 0.2) is 5.15 Å². The van der Waals surface area contributed by atoms with Crippen LogP contribution in [0.2, 0.25) is 5.15 Å². The molecule has 3 nitrogen and oxygen atoms in total. The van der Waals surface area contributed by atoms with Gasteiger partial charge in [0.1, 0.15) is 5.82 Å². The summed E-state index contributed by atoms with van der Waals surface area (Å²) >= 11 is 6.22. The van der Waals surface area contributed by atoms with Gasteiger partial charge in [-0.3, -0.25) is 0 Å². The summed E-state index contributed by atoms with van der Waals surface area (Å²) in [5.41, 5.74) is 2.24. The predicted octanol–water partition coefficient (Wildman–Crippen LogP) is 2.76. The molecule has 0 aliphatic carbocycles. The number of rotatable bonds is 1. The Morgan fingerprint density at radius 3 is 3.18 bits per heavy atom. The minimum atomic E-state index is 0.478. The lowest BCUT2D eigenvalue weighted by Crippen LogP contribution is -2.29. The van der Waals surface area contributed by atoms with Gasteiger partial charge in [0, 0.05) is 18.7 Å². The first-order valence-corrected chi connectivity index (χ1v) is 6.48. The molecule has 1 saturated heterocycles. The number of nitrogens with zero attached hydrogens (tertiary/aromatic N) is 2. The molecule has 0 bridgehead atoms. The van der Waals surface area contributed by atoms with Crippen molar-refractivity contribution < 1.29 is 0 Å². The third kappa shape index (κ3) is 1.94. The van der Waals surface area contributed by atoms with Crippen molar-refractivity contribution in [2.24, 2.45) is 0 Å². The second-order valence-electron chi connectivity index (χ2n) is 4.76. The summed E-state index contributed by atoms with van der Waals surface area (Å²) in [4.78, 5) is 4.54. The lowest BCUT2D eigenvalue weighted by Gasteiger charge is -2.21. The smallest absolute Gasteiger partial charge is 0.155 e. The van der Waals surface area contributed by atoms with Gasteiger partial charge in [-0.15, -0.1) is 0 Å². The highest BCUT2D eigenvalue weighted by molar-refractivity contribution is 6.32. The van der Waals surface area contributed by atoms with Crippen LogP contribution in [-0.2, 0) is 0 Å². The maximum atomic E-state index is 6.22. The van der Waals surface area contributed by atoms with Crippen LogP contribution in [-0.4, -0.2) is 22.5 Å². The highest BCUT2D eigenvalue weighted by Gasteiger charge is 2.21. The lowest BCUT2D eigenvalue weighted by molar-refractivity contribution is 0.445. The first kappa shape index (κ1) is 11.1. The van der Waals surface area contributed by atoms with E-state index in [2.05, 4.69) is 40.0 Å². The zero-order chi connectivity index (χ0) is 11.8. The molecule has 3 heterocycles. The van der Waals surface area contributed by atoms with Crippen LogP contribution in [0.5, 0.6) is 0 Å². The molecule has 0 aromatic carbocycles. The van der Waals surface area contributed by atoms with E-state index in [4.69, 9.17) is 11.6 Å². The van der Waals surface area contributed by atoms with E-state index in [-0.39, 0.29) is 0 Å². The van der Waals surface area contributed by atoms with Crippen LogP contribution in [0.4, 0.5) is 0 Å². The normalized spacial score (nSPS) is 20.9. The van der Waals surface area contributed by atoms with Crippen molar-refractivity contribution in [2.45, 2.75) is 25.7 Å². The second-order valence-corrected chi connectivity index (χ2v) is 5.12. The largest absolute Gasteiger partial charge is 0.316 e. The Bertz CT molecular complexity index is 541.